The molecule has 1 aromatic carbocycles. The molecule has 1 fully saturated rings. The molecule has 1 heterocycles. The van der Waals surface area contributed by atoms with Gasteiger partial charge in [-0.1, -0.05) is 12.5 Å². The number of carbonyl (C=O) groups is 1. The topological polar surface area (TPSA) is 52.6 Å². The van der Waals surface area contributed by atoms with Gasteiger partial charge in [0.1, 0.15) is 0 Å². The molecule has 0 amide bonds. The molecule has 0 spiro atoms. The predicted octanol–water partition coefficient (Wildman–Crippen LogP) is 2.98. The number of aryl methyl sites for hydroxylation is 1. The van der Waals surface area contributed by atoms with Crippen molar-refractivity contribution in [1.29, 1.82) is 0 Å². The summed E-state index contributed by atoms with van der Waals surface area (Å²) in [5.41, 5.74) is 2.14. The number of hydrogen-bond donors (Lipinski definition) is 2. The van der Waals surface area contributed by atoms with Crippen molar-refractivity contribution in [2.75, 3.05) is 25.0 Å². The zero-order valence-electron chi connectivity index (χ0n) is 12.4. The van der Waals surface area contributed by atoms with Crippen LogP contribution in [0.5, 0.6) is 0 Å². The molecule has 1 unspecified atom stereocenters. The monoisotopic (exact) mass is 276 g/mol. The molecule has 20 heavy (non-hydrogen) atoms. The number of likely N-dealkylation sites (tertiary alicyclic amines) is 1. The fourth-order valence-electron chi connectivity index (χ4n) is 2.80. The van der Waals surface area contributed by atoms with Gasteiger partial charge in [-0.15, -0.1) is 0 Å². The molecule has 0 aromatic heterocycles. The van der Waals surface area contributed by atoms with Gasteiger partial charge in [0.15, 0.2) is 0 Å². The molecule has 1 aliphatic rings. The van der Waals surface area contributed by atoms with Crippen LogP contribution >= 0.6 is 0 Å². The van der Waals surface area contributed by atoms with Crippen LogP contribution in [-0.2, 0) is 0 Å². The van der Waals surface area contributed by atoms with Crippen molar-refractivity contribution in [2.45, 2.75) is 39.2 Å². The Morgan fingerprint density at radius 1 is 1.35 bits per heavy atom. The molecule has 2 N–H and O–H groups in total. The van der Waals surface area contributed by atoms with Crippen molar-refractivity contribution >= 4 is 11.7 Å². The van der Waals surface area contributed by atoms with Gasteiger partial charge in [-0.3, -0.25) is 0 Å². The van der Waals surface area contributed by atoms with E-state index in [0.717, 1.165) is 30.9 Å². The number of aromatic carboxylic acids is 1. The molecular weight excluding hydrogens is 252 g/mol. The minimum atomic E-state index is -0.877. The molecule has 0 saturated carbocycles. The van der Waals surface area contributed by atoms with Gasteiger partial charge < -0.3 is 15.3 Å². The van der Waals surface area contributed by atoms with Crippen molar-refractivity contribution in [3.63, 3.8) is 0 Å². The molecule has 110 valence electrons. The van der Waals surface area contributed by atoms with Crippen molar-refractivity contribution in [1.82, 2.24) is 4.90 Å². The summed E-state index contributed by atoms with van der Waals surface area (Å²) in [6.45, 7) is 7.37. The first-order valence-corrected chi connectivity index (χ1v) is 7.39. The van der Waals surface area contributed by atoms with Gasteiger partial charge in [-0.05, 0) is 57.5 Å². The lowest BCUT2D eigenvalue weighted by Crippen LogP contribution is -2.38. The van der Waals surface area contributed by atoms with Crippen molar-refractivity contribution in [3.05, 3.63) is 29.3 Å². The van der Waals surface area contributed by atoms with Crippen LogP contribution in [0.3, 0.4) is 0 Å². The SMILES string of the molecule is Cc1ccc(C(=O)O)c(NC(C)CN2CCCCC2)c1. The van der Waals surface area contributed by atoms with Crippen LogP contribution in [0, 0.1) is 6.92 Å². The van der Waals surface area contributed by atoms with E-state index in [1.54, 1.807) is 6.07 Å². The summed E-state index contributed by atoms with van der Waals surface area (Å²) < 4.78 is 0. The highest BCUT2D eigenvalue weighted by molar-refractivity contribution is 5.94. The maximum atomic E-state index is 11.3. The van der Waals surface area contributed by atoms with Gasteiger partial charge in [-0.25, -0.2) is 4.79 Å². The molecule has 4 nitrogen and oxygen atoms in total. The fourth-order valence-corrected chi connectivity index (χ4v) is 2.80. The molecule has 2 rings (SSSR count). The van der Waals surface area contributed by atoms with Crippen molar-refractivity contribution < 1.29 is 9.90 Å². The second-order valence-corrected chi connectivity index (χ2v) is 5.76. The number of anilines is 1. The molecule has 1 aromatic rings. The minimum Gasteiger partial charge on any atom is -0.478 e. The summed E-state index contributed by atoms with van der Waals surface area (Å²) in [7, 11) is 0. The highest BCUT2D eigenvalue weighted by Gasteiger charge is 2.16. The van der Waals surface area contributed by atoms with Crippen LogP contribution in [0.4, 0.5) is 5.69 Å². The number of hydrogen-bond acceptors (Lipinski definition) is 3. The Kier molecular flexibility index (Phi) is 5.01. The van der Waals surface area contributed by atoms with Gasteiger partial charge >= 0.3 is 5.97 Å². The first kappa shape index (κ1) is 14.9. The third-order valence-electron chi connectivity index (χ3n) is 3.79. The minimum absolute atomic E-state index is 0.244. The van der Waals surface area contributed by atoms with Crippen LogP contribution in [0.2, 0.25) is 0 Å². The number of rotatable bonds is 5. The zero-order chi connectivity index (χ0) is 14.5. The second kappa shape index (κ2) is 6.75. The Bertz CT molecular complexity index is 468. The average Bonchev–Trinajstić information content (AvgIpc) is 2.39. The maximum absolute atomic E-state index is 11.3. The second-order valence-electron chi connectivity index (χ2n) is 5.76. The smallest absolute Gasteiger partial charge is 0.337 e. The lowest BCUT2D eigenvalue weighted by atomic mass is 10.1. The van der Waals surface area contributed by atoms with Crippen LogP contribution in [-0.4, -0.2) is 41.7 Å². The highest BCUT2D eigenvalue weighted by atomic mass is 16.4. The fraction of sp³-hybridized carbons (Fsp3) is 0.562. The predicted molar refractivity (Wildman–Crippen MR) is 81.5 cm³/mol. The van der Waals surface area contributed by atoms with E-state index in [1.165, 1.54) is 19.3 Å². The molecule has 0 radical (unpaired) electrons. The number of piperidine rings is 1. The third-order valence-corrected chi connectivity index (χ3v) is 3.79. The summed E-state index contributed by atoms with van der Waals surface area (Å²) in [6.07, 6.45) is 3.88. The van der Waals surface area contributed by atoms with E-state index in [1.807, 2.05) is 19.1 Å². The zero-order valence-corrected chi connectivity index (χ0v) is 12.4. The standard InChI is InChI=1S/C16H24N2O2/c1-12-6-7-14(16(19)20)15(10-12)17-13(2)11-18-8-4-3-5-9-18/h6-7,10,13,17H,3-5,8-9,11H2,1-2H3,(H,19,20). The first-order chi connectivity index (χ1) is 9.56. The summed E-state index contributed by atoms with van der Waals surface area (Å²) in [5.74, 6) is -0.877. The Morgan fingerprint density at radius 2 is 2.05 bits per heavy atom. The summed E-state index contributed by atoms with van der Waals surface area (Å²) in [5, 5.41) is 12.6. The number of benzene rings is 1. The van der Waals surface area contributed by atoms with E-state index in [0.29, 0.717) is 5.56 Å². The Morgan fingerprint density at radius 3 is 2.70 bits per heavy atom. The van der Waals surface area contributed by atoms with Crippen molar-refractivity contribution in [3.8, 4) is 0 Å². The Labute approximate surface area is 120 Å². The third kappa shape index (κ3) is 3.97. The van der Waals surface area contributed by atoms with E-state index < -0.39 is 5.97 Å². The van der Waals surface area contributed by atoms with Gasteiger partial charge in [0.2, 0.25) is 0 Å². The number of carboxylic acids is 1. The lowest BCUT2D eigenvalue weighted by Gasteiger charge is -2.30. The van der Waals surface area contributed by atoms with Gasteiger partial charge in [-0.2, -0.15) is 0 Å². The van der Waals surface area contributed by atoms with Crippen LogP contribution < -0.4 is 5.32 Å². The quantitative estimate of drug-likeness (QED) is 0.868. The summed E-state index contributed by atoms with van der Waals surface area (Å²) in [4.78, 5) is 13.7. The highest BCUT2D eigenvalue weighted by Crippen LogP contribution is 2.19. The molecule has 1 aliphatic heterocycles. The first-order valence-electron chi connectivity index (χ1n) is 7.39. The Balaban J connectivity index is 2.00. The molecule has 1 atom stereocenters. The normalized spacial score (nSPS) is 17.7. The van der Waals surface area contributed by atoms with Gasteiger partial charge in [0.25, 0.3) is 0 Å². The molecule has 0 aliphatic carbocycles. The number of nitrogens with one attached hydrogen (secondary N) is 1. The van der Waals surface area contributed by atoms with Gasteiger partial charge in [0, 0.05) is 18.3 Å². The van der Waals surface area contributed by atoms with Crippen LogP contribution in [0.1, 0.15) is 42.1 Å². The van der Waals surface area contributed by atoms with E-state index in [2.05, 4.69) is 17.1 Å². The Hall–Kier alpha value is -1.55. The molecule has 4 heteroatoms. The average molecular weight is 276 g/mol. The van der Waals surface area contributed by atoms with Gasteiger partial charge in [0.05, 0.1) is 5.56 Å². The summed E-state index contributed by atoms with van der Waals surface area (Å²) >= 11 is 0. The molecule has 0 bridgehead atoms. The maximum Gasteiger partial charge on any atom is 0.337 e. The van der Waals surface area contributed by atoms with E-state index in [4.69, 9.17) is 0 Å². The van der Waals surface area contributed by atoms with Crippen LogP contribution in [0.25, 0.3) is 0 Å². The van der Waals surface area contributed by atoms with Crippen molar-refractivity contribution in [2.24, 2.45) is 0 Å². The summed E-state index contributed by atoms with van der Waals surface area (Å²) in [6, 6.07) is 5.67. The van der Waals surface area contributed by atoms with E-state index in [-0.39, 0.29) is 6.04 Å². The molecular formula is C16H24N2O2. The number of carboxylic acid groups (broad SMARTS) is 1. The van der Waals surface area contributed by atoms with E-state index in [9.17, 15) is 9.90 Å². The number of nitrogens with zero attached hydrogens (tertiary/aromatic N) is 1. The van der Waals surface area contributed by atoms with Crippen LogP contribution in [0.15, 0.2) is 18.2 Å². The van der Waals surface area contributed by atoms with E-state index >= 15 is 0 Å². The lowest BCUT2D eigenvalue weighted by molar-refractivity contribution is 0.0698. The largest absolute Gasteiger partial charge is 0.478 e. The molecule has 1 saturated heterocycles.